The van der Waals surface area contributed by atoms with E-state index in [2.05, 4.69) is 5.32 Å². The summed E-state index contributed by atoms with van der Waals surface area (Å²) in [7, 11) is -5.96. The van der Waals surface area contributed by atoms with E-state index < -0.39 is 32.0 Å². The second kappa shape index (κ2) is 9.45. The van der Waals surface area contributed by atoms with Crippen LogP contribution in [0.25, 0.3) is 0 Å². The first-order chi connectivity index (χ1) is 14.6. The van der Waals surface area contributed by atoms with Crippen molar-refractivity contribution in [3.8, 4) is 0 Å². The Morgan fingerprint density at radius 1 is 1.00 bits per heavy atom. The first-order valence-corrected chi connectivity index (χ1v) is 12.9. The first kappa shape index (κ1) is 23.4. The van der Waals surface area contributed by atoms with Crippen LogP contribution in [-0.4, -0.2) is 71.0 Å². The van der Waals surface area contributed by atoms with Crippen molar-refractivity contribution < 1.29 is 26.4 Å². The van der Waals surface area contributed by atoms with Crippen LogP contribution in [0.5, 0.6) is 0 Å². The molecule has 31 heavy (non-hydrogen) atoms. The maximum atomic E-state index is 13.0. The maximum absolute atomic E-state index is 13.0. The summed E-state index contributed by atoms with van der Waals surface area (Å²) in [5.74, 6) is -0.553. The van der Waals surface area contributed by atoms with Crippen molar-refractivity contribution in [1.29, 1.82) is 0 Å². The monoisotopic (exact) mass is 467 g/mol. The first-order valence-electron chi connectivity index (χ1n) is 9.57. The van der Waals surface area contributed by atoms with E-state index >= 15 is 0 Å². The second-order valence-corrected chi connectivity index (χ2v) is 11.1. The lowest BCUT2D eigenvalue weighted by atomic mass is 10.1. The average Bonchev–Trinajstić information content (AvgIpc) is 2.75. The van der Waals surface area contributed by atoms with Crippen LogP contribution in [0.4, 0.5) is 5.69 Å². The lowest BCUT2D eigenvalue weighted by Gasteiger charge is -2.26. The Hall–Kier alpha value is -2.31. The number of hydrogen-bond acceptors (Lipinski definition) is 6. The van der Waals surface area contributed by atoms with Gasteiger partial charge in [-0.2, -0.15) is 8.61 Å². The molecule has 0 spiro atoms. The Bertz CT molecular complexity index is 1110. The van der Waals surface area contributed by atoms with Crippen molar-refractivity contribution in [1.82, 2.24) is 8.61 Å². The fraction of sp³-hybridized carbons (Fsp3) is 0.350. The molecule has 2 aromatic rings. The van der Waals surface area contributed by atoms with Gasteiger partial charge in [0, 0.05) is 25.8 Å². The van der Waals surface area contributed by atoms with Gasteiger partial charge in [0.25, 0.3) is 0 Å². The Balaban J connectivity index is 1.81. The van der Waals surface area contributed by atoms with Crippen molar-refractivity contribution >= 4 is 31.6 Å². The Kier molecular flexibility index (Phi) is 7.12. The van der Waals surface area contributed by atoms with Crippen LogP contribution < -0.4 is 5.32 Å². The lowest BCUT2D eigenvalue weighted by molar-refractivity contribution is -0.119. The topological polar surface area (TPSA) is 113 Å². The third-order valence-corrected chi connectivity index (χ3v) is 8.15. The van der Waals surface area contributed by atoms with Gasteiger partial charge in [0.05, 0.1) is 24.4 Å². The third kappa shape index (κ3) is 5.49. The minimum Gasteiger partial charge on any atom is -0.379 e. The molecule has 1 aliphatic heterocycles. The molecule has 3 rings (SSSR count). The molecule has 0 radical (unpaired) electrons. The van der Waals surface area contributed by atoms with Crippen LogP contribution in [-0.2, 0) is 29.6 Å². The van der Waals surface area contributed by atoms with Gasteiger partial charge < -0.3 is 10.1 Å². The average molecular weight is 468 g/mol. The van der Waals surface area contributed by atoms with Crippen LogP contribution in [0.3, 0.4) is 0 Å². The SMILES string of the molecule is CN([C@@H](C(=O)Nc1ccc(S(=O)(=O)N2CCOCC2)cc1)c1ccccc1)S(C)(=O)=O. The second-order valence-electron chi connectivity index (χ2n) is 7.12. The van der Waals surface area contributed by atoms with E-state index in [0.29, 0.717) is 24.5 Å². The maximum Gasteiger partial charge on any atom is 0.247 e. The van der Waals surface area contributed by atoms with Gasteiger partial charge in [-0.05, 0) is 29.8 Å². The molecule has 1 N–H and O–H groups in total. The third-order valence-electron chi connectivity index (χ3n) is 4.98. The molecular weight excluding hydrogens is 442 g/mol. The summed E-state index contributed by atoms with van der Waals surface area (Å²) in [4.78, 5) is 13.1. The number of likely N-dealkylation sites (N-methyl/N-ethyl adjacent to an activating group) is 1. The number of ether oxygens (including phenoxy) is 1. The number of carbonyl (C=O) groups is 1. The number of nitrogens with zero attached hydrogens (tertiary/aromatic N) is 2. The number of nitrogens with one attached hydrogen (secondary N) is 1. The molecule has 0 aliphatic carbocycles. The molecule has 11 heteroatoms. The van der Waals surface area contributed by atoms with Crippen LogP contribution in [0.15, 0.2) is 59.5 Å². The standard InChI is InChI=1S/C20H25N3O6S2/c1-22(30(2,25)26)19(16-6-4-3-5-7-16)20(24)21-17-8-10-18(11-9-17)31(27,28)23-12-14-29-15-13-23/h3-11,19H,12-15H2,1-2H3,(H,21,24)/t19-/m1/s1. The number of carbonyl (C=O) groups excluding carboxylic acids is 1. The zero-order chi connectivity index (χ0) is 22.6. The molecule has 1 atom stereocenters. The number of amides is 1. The minimum atomic E-state index is -3.65. The Morgan fingerprint density at radius 2 is 1.58 bits per heavy atom. The van der Waals surface area contributed by atoms with Gasteiger partial charge in [0.1, 0.15) is 6.04 Å². The zero-order valence-electron chi connectivity index (χ0n) is 17.3. The van der Waals surface area contributed by atoms with E-state index in [4.69, 9.17) is 4.74 Å². The fourth-order valence-electron chi connectivity index (χ4n) is 3.21. The summed E-state index contributed by atoms with van der Waals surface area (Å²) in [5, 5.41) is 2.68. The van der Waals surface area contributed by atoms with Gasteiger partial charge in [0.2, 0.25) is 26.0 Å². The van der Waals surface area contributed by atoms with E-state index in [1.165, 1.54) is 35.6 Å². The summed E-state index contributed by atoms with van der Waals surface area (Å²) in [6.45, 7) is 1.28. The van der Waals surface area contributed by atoms with Crippen molar-refractivity contribution in [2.24, 2.45) is 0 Å². The summed E-state index contributed by atoms with van der Waals surface area (Å²) in [6.07, 6.45) is 1.03. The van der Waals surface area contributed by atoms with Crippen molar-refractivity contribution in [3.63, 3.8) is 0 Å². The number of benzene rings is 2. The van der Waals surface area contributed by atoms with Crippen LogP contribution in [0.1, 0.15) is 11.6 Å². The minimum absolute atomic E-state index is 0.111. The normalized spacial score (nSPS) is 16.7. The molecule has 168 valence electrons. The highest BCUT2D eigenvalue weighted by Gasteiger charge is 2.31. The largest absolute Gasteiger partial charge is 0.379 e. The highest BCUT2D eigenvalue weighted by Crippen LogP contribution is 2.25. The van der Waals surface area contributed by atoms with E-state index in [1.54, 1.807) is 30.3 Å². The van der Waals surface area contributed by atoms with E-state index in [-0.39, 0.29) is 18.0 Å². The highest BCUT2D eigenvalue weighted by molar-refractivity contribution is 7.89. The molecule has 1 fully saturated rings. The number of hydrogen-bond donors (Lipinski definition) is 1. The molecule has 0 bridgehead atoms. The molecule has 1 aliphatic rings. The summed E-state index contributed by atoms with van der Waals surface area (Å²) < 4.78 is 57.1. The van der Waals surface area contributed by atoms with Gasteiger partial charge in [-0.25, -0.2) is 16.8 Å². The van der Waals surface area contributed by atoms with Crippen molar-refractivity contribution in [2.75, 3.05) is 44.9 Å². The van der Waals surface area contributed by atoms with E-state index in [1.807, 2.05) is 0 Å². The van der Waals surface area contributed by atoms with Gasteiger partial charge in [-0.1, -0.05) is 30.3 Å². The Morgan fingerprint density at radius 3 is 2.13 bits per heavy atom. The lowest BCUT2D eigenvalue weighted by Crippen LogP contribution is -2.40. The van der Waals surface area contributed by atoms with Crippen molar-refractivity contribution in [3.05, 3.63) is 60.2 Å². The van der Waals surface area contributed by atoms with Crippen LogP contribution >= 0.6 is 0 Å². The predicted octanol–water partition coefficient (Wildman–Crippen LogP) is 1.28. The molecule has 1 amide bonds. The van der Waals surface area contributed by atoms with Gasteiger partial charge in [-0.3, -0.25) is 4.79 Å². The summed E-state index contributed by atoms with van der Waals surface area (Å²) >= 11 is 0. The van der Waals surface area contributed by atoms with E-state index in [0.717, 1.165) is 10.6 Å². The van der Waals surface area contributed by atoms with Gasteiger partial charge in [0.15, 0.2) is 0 Å². The smallest absolute Gasteiger partial charge is 0.247 e. The molecule has 2 aromatic carbocycles. The summed E-state index contributed by atoms with van der Waals surface area (Å²) in [6, 6.07) is 13.3. The molecule has 0 aromatic heterocycles. The number of anilines is 1. The quantitative estimate of drug-likeness (QED) is 0.656. The Labute approximate surface area is 182 Å². The van der Waals surface area contributed by atoms with Gasteiger partial charge in [-0.15, -0.1) is 0 Å². The predicted molar refractivity (Wildman–Crippen MR) is 116 cm³/mol. The molecular formula is C20H25N3O6S2. The molecule has 0 saturated carbocycles. The number of sulfonamides is 2. The van der Waals surface area contributed by atoms with Crippen LogP contribution in [0, 0.1) is 0 Å². The molecule has 9 nitrogen and oxygen atoms in total. The fourth-order valence-corrected chi connectivity index (χ4v) is 5.22. The van der Waals surface area contributed by atoms with Crippen molar-refractivity contribution in [2.45, 2.75) is 10.9 Å². The van der Waals surface area contributed by atoms with Gasteiger partial charge >= 0.3 is 0 Å². The highest BCUT2D eigenvalue weighted by atomic mass is 32.2. The summed E-state index contributed by atoms with van der Waals surface area (Å²) in [5.41, 5.74) is 0.869. The molecule has 0 unspecified atom stereocenters. The van der Waals surface area contributed by atoms with E-state index in [9.17, 15) is 21.6 Å². The zero-order valence-corrected chi connectivity index (χ0v) is 18.9. The number of rotatable bonds is 7. The van der Waals surface area contributed by atoms with Crippen LogP contribution in [0.2, 0.25) is 0 Å². The number of morpholine rings is 1. The molecule has 1 heterocycles. The molecule has 1 saturated heterocycles.